The molecule has 2 fully saturated rings. The Kier molecular flexibility index (Phi) is 3.12. The number of halogens is 1. The highest BCUT2D eigenvalue weighted by Gasteiger charge is 2.67. The van der Waals surface area contributed by atoms with Crippen molar-refractivity contribution in [3.8, 4) is 0 Å². The van der Waals surface area contributed by atoms with E-state index in [1.165, 1.54) is 18.4 Å². The van der Waals surface area contributed by atoms with E-state index in [9.17, 15) is 18.3 Å². The summed E-state index contributed by atoms with van der Waals surface area (Å²) in [5, 5.41) is 9.09. The summed E-state index contributed by atoms with van der Waals surface area (Å²) < 4.78 is 50.6. The molecule has 3 rings (SSSR count). The van der Waals surface area contributed by atoms with Crippen LogP contribution in [0.4, 0.5) is 4.39 Å². The van der Waals surface area contributed by atoms with Gasteiger partial charge in [0, 0.05) is 26.1 Å². The number of rotatable bonds is 3. The van der Waals surface area contributed by atoms with Gasteiger partial charge in [0.25, 0.3) is 10.0 Å². The molecule has 0 amide bonds. The van der Waals surface area contributed by atoms with Crippen molar-refractivity contribution < 1.29 is 31.9 Å². The van der Waals surface area contributed by atoms with E-state index in [4.69, 9.17) is 9.15 Å². The van der Waals surface area contributed by atoms with Gasteiger partial charge < -0.3 is 14.3 Å². The van der Waals surface area contributed by atoms with E-state index in [-0.39, 0.29) is 24.7 Å². The highest BCUT2D eigenvalue weighted by atomic mass is 32.2. The number of alkyl halides is 1. The summed E-state index contributed by atoms with van der Waals surface area (Å²) in [7, 11) is -4.06. The van der Waals surface area contributed by atoms with Gasteiger partial charge in [0.2, 0.25) is 5.09 Å². The van der Waals surface area contributed by atoms with Crippen molar-refractivity contribution in [3.63, 3.8) is 0 Å². The second-order valence-corrected chi connectivity index (χ2v) is 7.23. The predicted molar refractivity (Wildman–Crippen MR) is 66.8 cm³/mol. The van der Waals surface area contributed by atoms with Crippen molar-refractivity contribution in [2.75, 3.05) is 26.3 Å². The first-order chi connectivity index (χ1) is 9.82. The lowest BCUT2D eigenvalue weighted by atomic mass is 9.73. The van der Waals surface area contributed by atoms with Gasteiger partial charge in [0.15, 0.2) is 0 Å². The van der Waals surface area contributed by atoms with Crippen LogP contribution in [0.2, 0.25) is 0 Å². The van der Waals surface area contributed by atoms with Gasteiger partial charge in [0.05, 0.1) is 12.9 Å². The summed E-state index contributed by atoms with van der Waals surface area (Å²) in [6, 6.07) is 2.64. The number of hydrogen-bond donors (Lipinski definition) is 1. The Balaban J connectivity index is 2.01. The number of fused-ring (bicyclic) bond motifs is 1. The molecule has 0 radical (unpaired) electrons. The maximum absolute atomic E-state index is 15.1. The molecule has 2 atom stereocenters. The normalized spacial score (nSPS) is 33.8. The Morgan fingerprint density at radius 1 is 1.43 bits per heavy atom. The molecule has 1 aromatic rings. The van der Waals surface area contributed by atoms with Crippen LogP contribution in [-0.2, 0) is 19.6 Å². The molecule has 9 heteroatoms. The van der Waals surface area contributed by atoms with Gasteiger partial charge >= 0.3 is 5.97 Å². The predicted octanol–water partition coefficient (Wildman–Crippen LogP) is 0.484. The van der Waals surface area contributed by atoms with Gasteiger partial charge in [-0.15, -0.1) is 0 Å². The van der Waals surface area contributed by atoms with Crippen LogP contribution in [0.3, 0.4) is 0 Å². The molecule has 116 valence electrons. The van der Waals surface area contributed by atoms with E-state index in [1.54, 1.807) is 0 Å². The maximum atomic E-state index is 15.1. The van der Waals surface area contributed by atoms with Crippen molar-refractivity contribution in [2.24, 2.45) is 5.41 Å². The minimum absolute atomic E-state index is 0.0696. The molecule has 7 nitrogen and oxygen atoms in total. The summed E-state index contributed by atoms with van der Waals surface area (Å²) in [6.07, 6.45) is 1.04. The Hall–Kier alpha value is -1.45. The second kappa shape index (κ2) is 4.52. The topological polar surface area (TPSA) is 97.0 Å². The molecule has 2 saturated heterocycles. The first kappa shape index (κ1) is 14.5. The minimum Gasteiger partial charge on any atom is -0.481 e. The lowest BCUT2D eigenvalue weighted by Crippen LogP contribution is -2.56. The summed E-state index contributed by atoms with van der Waals surface area (Å²) in [5.41, 5.74) is -4.01. The molecule has 0 bridgehead atoms. The fraction of sp³-hybridized carbons (Fsp3) is 0.583. The van der Waals surface area contributed by atoms with E-state index in [1.807, 2.05) is 0 Å². The minimum atomic E-state index is -4.06. The molecule has 0 spiro atoms. The SMILES string of the molecule is O=C(O)[C@@]12COCC[C@]1(F)CN(S(=O)(=O)c1ccco1)C2. The van der Waals surface area contributed by atoms with E-state index in [0.29, 0.717) is 0 Å². The number of carboxylic acids is 1. The molecule has 0 aromatic carbocycles. The molecule has 1 aromatic heterocycles. The molecule has 0 unspecified atom stereocenters. The summed E-state index contributed by atoms with van der Waals surface area (Å²) in [5.74, 6) is -1.39. The lowest BCUT2D eigenvalue weighted by Gasteiger charge is -2.39. The fourth-order valence-electron chi connectivity index (χ4n) is 2.93. The number of hydrogen-bond acceptors (Lipinski definition) is 5. The van der Waals surface area contributed by atoms with Crippen LogP contribution in [0.25, 0.3) is 0 Å². The molecule has 2 aliphatic heterocycles. The lowest BCUT2D eigenvalue weighted by molar-refractivity contribution is -0.171. The Morgan fingerprint density at radius 3 is 2.76 bits per heavy atom. The molecular formula is C12H14FNO6S. The molecule has 21 heavy (non-hydrogen) atoms. The number of ether oxygens (including phenoxy) is 1. The Labute approximate surface area is 120 Å². The van der Waals surface area contributed by atoms with Crippen LogP contribution >= 0.6 is 0 Å². The van der Waals surface area contributed by atoms with Gasteiger partial charge in [0.1, 0.15) is 11.1 Å². The number of carboxylic acid groups (broad SMARTS) is 1. The zero-order valence-electron chi connectivity index (χ0n) is 11.0. The van der Waals surface area contributed by atoms with E-state index < -0.39 is 40.2 Å². The highest BCUT2D eigenvalue weighted by Crippen LogP contribution is 2.49. The monoisotopic (exact) mass is 319 g/mol. The molecule has 0 aliphatic carbocycles. The van der Waals surface area contributed by atoms with Crippen molar-refractivity contribution in [2.45, 2.75) is 17.2 Å². The number of carbonyl (C=O) groups is 1. The first-order valence-electron chi connectivity index (χ1n) is 6.36. The van der Waals surface area contributed by atoms with Gasteiger partial charge in [-0.25, -0.2) is 12.8 Å². The molecular weight excluding hydrogens is 305 g/mol. The van der Waals surface area contributed by atoms with Gasteiger partial charge in [-0.1, -0.05) is 0 Å². The van der Waals surface area contributed by atoms with Crippen molar-refractivity contribution in [3.05, 3.63) is 18.4 Å². The third-order valence-electron chi connectivity index (χ3n) is 4.22. The molecule has 0 saturated carbocycles. The summed E-state index contributed by atoms with van der Waals surface area (Å²) >= 11 is 0. The number of nitrogens with zero attached hydrogens (tertiary/aromatic N) is 1. The van der Waals surface area contributed by atoms with Crippen molar-refractivity contribution >= 4 is 16.0 Å². The average Bonchev–Trinajstić information content (AvgIpc) is 3.04. The van der Waals surface area contributed by atoms with Crippen LogP contribution < -0.4 is 0 Å². The summed E-state index contributed by atoms with van der Waals surface area (Å²) in [6.45, 7) is -1.25. The largest absolute Gasteiger partial charge is 0.481 e. The third kappa shape index (κ3) is 1.91. The van der Waals surface area contributed by atoms with Gasteiger partial charge in [-0.2, -0.15) is 4.31 Å². The van der Waals surface area contributed by atoms with Crippen LogP contribution in [0.1, 0.15) is 6.42 Å². The standard InChI is InChI=1S/C12H14FNO6S/c13-12-3-5-19-8-11(12,10(15)16)6-14(7-12)21(17,18)9-2-1-4-20-9/h1-2,4H,3,5-8H2,(H,15,16)/t11-,12+/m1/s1. The van der Waals surface area contributed by atoms with E-state index in [2.05, 4.69) is 0 Å². The van der Waals surface area contributed by atoms with E-state index >= 15 is 4.39 Å². The Morgan fingerprint density at radius 2 is 2.19 bits per heavy atom. The number of furan rings is 1. The zero-order chi connectivity index (χ0) is 15.3. The zero-order valence-corrected chi connectivity index (χ0v) is 11.8. The van der Waals surface area contributed by atoms with E-state index in [0.717, 1.165) is 4.31 Å². The highest BCUT2D eigenvalue weighted by molar-refractivity contribution is 7.89. The van der Waals surface area contributed by atoms with Gasteiger partial charge in [-0.05, 0) is 12.1 Å². The van der Waals surface area contributed by atoms with Crippen LogP contribution in [0.15, 0.2) is 27.9 Å². The molecule has 2 aliphatic rings. The smallest absolute Gasteiger partial charge is 0.316 e. The first-order valence-corrected chi connectivity index (χ1v) is 7.80. The number of sulfonamides is 1. The van der Waals surface area contributed by atoms with Crippen molar-refractivity contribution in [1.82, 2.24) is 4.31 Å². The maximum Gasteiger partial charge on any atom is 0.316 e. The average molecular weight is 319 g/mol. The van der Waals surface area contributed by atoms with Crippen molar-refractivity contribution in [1.29, 1.82) is 0 Å². The van der Waals surface area contributed by atoms with Crippen LogP contribution in [0, 0.1) is 5.41 Å². The van der Waals surface area contributed by atoms with Crippen LogP contribution in [0.5, 0.6) is 0 Å². The van der Waals surface area contributed by atoms with Gasteiger partial charge in [-0.3, -0.25) is 4.79 Å². The Bertz CT molecular complexity index is 659. The van der Waals surface area contributed by atoms with Crippen LogP contribution in [-0.4, -0.2) is 55.8 Å². The third-order valence-corrected chi connectivity index (χ3v) is 5.90. The molecule has 3 heterocycles. The fourth-order valence-corrected chi connectivity index (χ4v) is 4.38. The quantitative estimate of drug-likeness (QED) is 0.870. The number of aliphatic carboxylic acids is 1. The molecule has 1 N–H and O–H groups in total. The summed E-state index contributed by atoms with van der Waals surface area (Å²) in [4.78, 5) is 11.6. The second-order valence-electron chi connectivity index (χ2n) is 5.36.